The van der Waals surface area contributed by atoms with Crippen LogP contribution in [-0.2, 0) is 0 Å². The number of halogens is 3. The maximum atomic E-state index is 14.4. The molecule has 4 heteroatoms. The summed E-state index contributed by atoms with van der Waals surface area (Å²) in [7, 11) is 0. The standard InChI is InChI=1S/C19H27ClF2O/c1-2-3-4-5-12-23-17-11-10-16(18(21)19(17)22)15-8-6-14(13-20)7-9-15/h10-11,14-15H,2-9,12-13H2,1H3/t14-,15-. The molecule has 0 amide bonds. The van der Waals surface area contributed by atoms with E-state index in [2.05, 4.69) is 6.92 Å². The van der Waals surface area contributed by atoms with Crippen molar-refractivity contribution >= 4 is 11.6 Å². The molecule has 0 aromatic heterocycles. The minimum absolute atomic E-state index is 0.0391. The summed E-state index contributed by atoms with van der Waals surface area (Å²) < 4.78 is 34.0. The molecule has 0 radical (unpaired) electrons. The van der Waals surface area contributed by atoms with Gasteiger partial charge in [-0.1, -0.05) is 32.3 Å². The quantitative estimate of drug-likeness (QED) is 0.389. The van der Waals surface area contributed by atoms with Crippen LogP contribution in [0, 0.1) is 17.6 Å². The van der Waals surface area contributed by atoms with Crippen LogP contribution in [-0.4, -0.2) is 12.5 Å². The fraction of sp³-hybridized carbons (Fsp3) is 0.684. The molecule has 0 N–H and O–H groups in total. The van der Waals surface area contributed by atoms with E-state index in [0.717, 1.165) is 51.4 Å². The zero-order valence-electron chi connectivity index (χ0n) is 13.9. The summed E-state index contributed by atoms with van der Waals surface area (Å²) in [5.74, 6) is -0.247. The molecule has 1 aliphatic carbocycles. The van der Waals surface area contributed by atoms with Crippen LogP contribution >= 0.6 is 11.6 Å². The molecule has 130 valence electrons. The third-order valence-electron chi connectivity index (χ3n) is 4.84. The van der Waals surface area contributed by atoms with Crippen LogP contribution in [0.25, 0.3) is 0 Å². The van der Waals surface area contributed by atoms with Crippen molar-refractivity contribution in [1.29, 1.82) is 0 Å². The van der Waals surface area contributed by atoms with Crippen molar-refractivity contribution < 1.29 is 13.5 Å². The lowest BCUT2D eigenvalue weighted by Gasteiger charge is -2.28. The van der Waals surface area contributed by atoms with E-state index in [4.69, 9.17) is 16.3 Å². The first-order valence-electron chi connectivity index (χ1n) is 8.84. The van der Waals surface area contributed by atoms with E-state index in [1.165, 1.54) is 0 Å². The van der Waals surface area contributed by atoms with Crippen molar-refractivity contribution in [1.82, 2.24) is 0 Å². The van der Waals surface area contributed by atoms with Gasteiger partial charge in [0, 0.05) is 5.88 Å². The van der Waals surface area contributed by atoms with Crippen LogP contribution < -0.4 is 4.74 Å². The van der Waals surface area contributed by atoms with Crippen LogP contribution in [0.2, 0.25) is 0 Å². The highest BCUT2D eigenvalue weighted by atomic mass is 35.5. The van der Waals surface area contributed by atoms with Gasteiger partial charge in [0.05, 0.1) is 6.61 Å². The fourth-order valence-corrected chi connectivity index (χ4v) is 3.62. The summed E-state index contributed by atoms with van der Waals surface area (Å²) >= 11 is 5.88. The summed E-state index contributed by atoms with van der Waals surface area (Å²) in [6.45, 7) is 2.58. The number of ether oxygens (including phenoxy) is 1. The topological polar surface area (TPSA) is 9.23 Å². The maximum Gasteiger partial charge on any atom is 0.200 e. The van der Waals surface area contributed by atoms with Gasteiger partial charge < -0.3 is 4.74 Å². The molecule has 0 bridgehead atoms. The molecule has 0 atom stereocenters. The first kappa shape index (κ1) is 18.5. The smallest absolute Gasteiger partial charge is 0.200 e. The number of alkyl halides is 1. The van der Waals surface area contributed by atoms with Gasteiger partial charge in [0.25, 0.3) is 0 Å². The molecule has 0 heterocycles. The molecule has 1 saturated carbocycles. The van der Waals surface area contributed by atoms with Gasteiger partial charge in [-0.3, -0.25) is 0 Å². The van der Waals surface area contributed by atoms with Crippen LogP contribution in [0.3, 0.4) is 0 Å². The van der Waals surface area contributed by atoms with Gasteiger partial charge in [0.15, 0.2) is 11.6 Å². The lowest BCUT2D eigenvalue weighted by atomic mass is 9.79. The predicted octanol–water partition coefficient (Wildman–Crippen LogP) is 6.44. The number of unbranched alkanes of at least 4 members (excludes halogenated alkanes) is 3. The molecule has 1 aromatic rings. The van der Waals surface area contributed by atoms with Crippen LogP contribution in [0.15, 0.2) is 12.1 Å². The lowest BCUT2D eigenvalue weighted by molar-refractivity contribution is 0.282. The first-order valence-corrected chi connectivity index (χ1v) is 9.37. The molecule has 2 rings (SSSR count). The monoisotopic (exact) mass is 344 g/mol. The SMILES string of the molecule is CCCCCCOc1ccc([C@H]2CC[C@H](CCl)CC2)c(F)c1F. The normalized spacial score (nSPS) is 21.4. The van der Waals surface area contributed by atoms with E-state index >= 15 is 0 Å². The van der Waals surface area contributed by atoms with Crippen molar-refractivity contribution in [3.8, 4) is 5.75 Å². The number of hydrogen-bond acceptors (Lipinski definition) is 1. The Bertz CT molecular complexity index is 485. The predicted molar refractivity (Wildman–Crippen MR) is 91.4 cm³/mol. The maximum absolute atomic E-state index is 14.4. The number of hydrogen-bond donors (Lipinski definition) is 0. The second kappa shape index (κ2) is 9.46. The highest BCUT2D eigenvalue weighted by molar-refractivity contribution is 6.18. The zero-order valence-corrected chi connectivity index (χ0v) is 14.7. The Hall–Kier alpha value is -0.830. The van der Waals surface area contributed by atoms with Gasteiger partial charge in [-0.05, 0) is 55.6 Å². The summed E-state index contributed by atoms with van der Waals surface area (Å²) in [5, 5.41) is 0. The van der Waals surface area contributed by atoms with E-state index in [1.807, 2.05) is 0 Å². The molecule has 0 spiro atoms. The third kappa shape index (κ3) is 5.07. The van der Waals surface area contributed by atoms with Gasteiger partial charge in [0.1, 0.15) is 0 Å². The second-order valence-electron chi connectivity index (χ2n) is 6.56. The molecule has 1 fully saturated rings. The van der Waals surface area contributed by atoms with Crippen LogP contribution in [0.5, 0.6) is 5.75 Å². The van der Waals surface area contributed by atoms with Crippen molar-refractivity contribution in [3.63, 3.8) is 0 Å². The third-order valence-corrected chi connectivity index (χ3v) is 5.27. The summed E-state index contributed by atoms with van der Waals surface area (Å²) in [4.78, 5) is 0. The Kier molecular flexibility index (Phi) is 7.61. The Morgan fingerprint density at radius 2 is 1.78 bits per heavy atom. The van der Waals surface area contributed by atoms with Crippen molar-refractivity contribution in [3.05, 3.63) is 29.3 Å². The molecule has 1 nitrogen and oxygen atoms in total. The van der Waals surface area contributed by atoms with Crippen LogP contribution in [0.1, 0.15) is 69.8 Å². The van der Waals surface area contributed by atoms with Crippen LogP contribution in [0.4, 0.5) is 8.78 Å². The molecule has 1 aromatic carbocycles. The highest BCUT2D eigenvalue weighted by Gasteiger charge is 2.26. The average molecular weight is 345 g/mol. The van der Waals surface area contributed by atoms with Gasteiger partial charge in [0.2, 0.25) is 5.82 Å². The van der Waals surface area contributed by atoms with E-state index in [9.17, 15) is 8.78 Å². The largest absolute Gasteiger partial charge is 0.490 e. The molecular weight excluding hydrogens is 318 g/mol. The van der Waals surface area contributed by atoms with Crippen molar-refractivity contribution in [2.75, 3.05) is 12.5 Å². The molecule has 0 aliphatic heterocycles. The average Bonchev–Trinajstić information content (AvgIpc) is 2.58. The minimum Gasteiger partial charge on any atom is -0.490 e. The van der Waals surface area contributed by atoms with E-state index in [1.54, 1.807) is 12.1 Å². The van der Waals surface area contributed by atoms with E-state index < -0.39 is 11.6 Å². The number of rotatable bonds is 8. The Morgan fingerprint density at radius 3 is 2.43 bits per heavy atom. The van der Waals surface area contributed by atoms with Gasteiger partial charge in [-0.15, -0.1) is 11.6 Å². The number of benzene rings is 1. The molecule has 1 aliphatic rings. The second-order valence-corrected chi connectivity index (χ2v) is 6.87. The molecule has 0 unspecified atom stereocenters. The highest BCUT2D eigenvalue weighted by Crippen LogP contribution is 2.38. The Balaban J connectivity index is 1.94. The molecular formula is C19H27ClF2O. The Morgan fingerprint density at radius 1 is 1.04 bits per heavy atom. The van der Waals surface area contributed by atoms with Crippen molar-refractivity contribution in [2.24, 2.45) is 5.92 Å². The Labute approximate surface area is 143 Å². The van der Waals surface area contributed by atoms with Crippen molar-refractivity contribution in [2.45, 2.75) is 64.2 Å². The summed E-state index contributed by atoms with van der Waals surface area (Å²) in [5.41, 5.74) is 0.494. The summed E-state index contributed by atoms with van der Waals surface area (Å²) in [6, 6.07) is 3.28. The van der Waals surface area contributed by atoms with E-state index in [-0.39, 0.29) is 11.7 Å². The summed E-state index contributed by atoms with van der Waals surface area (Å²) in [6.07, 6.45) is 7.96. The van der Waals surface area contributed by atoms with Gasteiger partial charge in [-0.2, -0.15) is 4.39 Å². The lowest BCUT2D eigenvalue weighted by Crippen LogP contribution is -2.16. The molecule has 23 heavy (non-hydrogen) atoms. The molecule has 0 saturated heterocycles. The fourth-order valence-electron chi connectivity index (χ4n) is 3.31. The first-order chi connectivity index (χ1) is 11.2. The van der Waals surface area contributed by atoms with E-state index in [0.29, 0.717) is 24.0 Å². The zero-order chi connectivity index (χ0) is 16.7. The van der Waals surface area contributed by atoms with Gasteiger partial charge >= 0.3 is 0 Å². The minimum atomic E-state index is -0.836. The van der Waals surface area contributed by atoms with Gasteiger partial charge in [-0.25, -0.2) is 4.39 Å².